The predicted octanol–water partition coefficient (Wildman–Crippen LogP) is 3.67. The van der Waals surface area contributed by atoms with E-state index in [-0.39, 0.29) is 17.9 Å². The highest BCUT2D eigenvalue weighted by atomic mass is 32.1. The number of carbonyl (C=O) groups is 2. The standard InChI is InChI=1S/C22H26N2O3S/c25-21(19-8-4-12-24(19)22(26)20-9-5-15-28-20)23-13-10-17(11-14-23)16-27-18-6-2-1-3-7-18/h1-3,5-7,9,15,17,19H,4,8,10-14,16H2/t19-/m0/s1. The number of hydrogen-bond acceptors (Lipinski definition) is 4. The monoisotopic (exact) mass is 398 g/mol. The molecule has 1 aromatic heterocycles. The van der Waals surface area contributed by atoms with Crippen LogP contribution in [0.1, 0.15) is 35.4 Å². The summed E-state index contributed by atoms with van der Waals surface area (Å²) in [6.07, 6.45) is 3.57. The normalized spacial score (nSPS) is 20.4. The molecule has 0 unspecified atom stereocenters. The Morgan fingerprint density at radius 2 is 1.79 bits per heavy atom. The first-order valence-electron chi connectivity index (χ1n) is 10.0. The van der Waals surface area contributed by atoms with Crippen molar-refractivity contribution < 1.29 is 14.3 Å². The molecule has 148 valence electrons. The first-order valence-corrected chi connectivity index (χ1v) is 10.9. The Hall–Kier alpha value is -2.34. The van der Waals surface area contributed by atoms with Crippen LogP contribution < -0.4 is 4.74 Å². The van der Waals surface area contributed by atoms with Crippen molar-refractivity contribution in [1.29, 1.82) is 0 Å². The van der Waals surface area contributed by atoms with Crippen LogP contribution in [0.2, 0.25) is 0 Å². The SMILES string of the molecule is O=C([C@@H]1CCCN1C(=O)c1cccs1)N1CCC(COc2ccccc2)CC1. The van der Waals surface area contributed by atoms with Crippen LogP contribution >= 0.6 is 11.3 Å². The van der Waals surface area contributed by atoms with Crippen LogP contribution in [0, 0.1) is 5.92 Å². The number of hydrogen-bond donors (Lipinski definition) is 0. The fourth-order valence-corrected chi connectivity index (χ4v) is 4.75. The van der Waals surface area contributed by atoms with Crippen LogP contribution in [0.25, 0.3) is 0 Å². The van der Waals surface area contributed by atoms with Crippen molar-refractivity contribution in [2.24, 2.45) is 5.92 Å². The lowest BCUT2D eigenvalue weighted by molar-refractivity contribution is -0.136. The maximum atomic E-state index is 13.1. The van der Waals surface area contributed by atoms with Crippen molar-refractivity contribution in [1.82, 2.24) is 9.80 Å². The third-order valence-corrected chi connectivity index (χ3v) is 6.54. The second kappa shape index (κ2) is 8.78. The Balaban J connectivity index is 1.29. The lowest BCUT2D eigenvalue weighted by Gasteiger charge is -2.35. The van der Waals surface area contributed by atoms with Crippen molar-refractivity contribution in [3.63, 3.8) is 0 Å². The molecule has 2 fully saturated rings. The van der Waals surface area contributed by atoms with Crippen LogP contribution in [0.4, 0.5) is 0 Å². The molecule has 0 aliphatic carbocycles. The molecule has 2 saturated heterocycles. The minimum absolute atomic E-state index is 0.00278. The molecule has 2 aromatic rings. The highest BCUT2D eigenvalue weighted by molar-refractivity contribution is 7.12. The van der Waals surface area contributed by atoms with Gasteiger partial charge in [0.15, 0.2) is 0 Å². The topological polar surface area (TPSA) is 49.9 Å². The van der Waals surface area contributed by atoms with Gasteiger partial charge in [0, 0.05) is 19.6 Å². The minimum atomic E-state index is -0.299. The van der Waals surface area contributed by atoms with Gasteiger partial charge in [0.05, 0.1) is 11.5 Å². The van der Waals surface area contributed by atoms with Gasteiger partial charge in [0.2, 0.25) is 5.91 Å². The van der Waals surface area contributed by atoms with Crippen LogP contribution in [-0.4, -0.2) is 53.9 Å². The summed E-state index contributed by atoms with van der Waals surface area (Å²) in [6.45, 7) is 2.87. The highest BCUT2D eigenvalue weighted by Crippen LogP contribution is 2.26. The Morgan fingerprint density at radius 3 is 2.50 bits per heavy atom. The molecule has 0 radical (unpaired) electrons. The fraction of sp³-hybridized carbons (Fsp3) is 0.455. The van der Waals surface area contributed by atoms with Gasteiger partial charge >= 0.3 is 0 Å². The molecule has 2 aliphatic heterocycles. The van der Waals surface area contributed by atoms with Crippen molar-refractivity contribution in [3.8, 4) is 5.75 Å². The van der Waals surface area contributed by atoms with E-state index in [1.54, 1.807) is 4.90 Å². The molecule has 0 spiro atoms. The number of benzene rings is 1. The van der Waals surface area contributed by atoms with E-state index in [0.29, 0.717) is 19.1 Å². The molecule has 1 aromatic carbocycles. The average molecular weight is 399 g/mol. The van der Waals surface area contributed by atoms with E-state index in [0.717, 1.165) is 49.4 Å². The van der Waals surface area contributed by atoms with E-state index < -0.39 is 0 Å². The van der Waals surface area contributed by atoms with Crippen molar-refractivity contribution in [2.75, 3.05) is 26.2 Å². The predicted molar refractivity (Wildman–Crippen MR) is 110 cm³/mol. The van der Waals surface area contributed by atoms with Gasteiger partial charge < -0.3 is 14.5 Å². The van der Waals surface area contributed by atoms with Crippen LogP contribution in [0.15, 0.2) is 47.8 Å². The Kier molecular flexibility index (Phi) is 5.95. The Morgan fingerprint density at radius 1 is 1.00 bits per heavy atom. The summed E-state index contributed by atoms with van der Waals surface area (Å²) >= 11 is 1.44. The molecule has 0 saturated carbocycles. The van der Waals surface area contributed by atoms with Gasteiger partial charge in [-0.15, -0.1) is 11.3 Å². The molecule has 0 bridgehead atoms. The highest BCUT2D eigenvalue weighted by Gasteiger charge is 2.38. The smallest absolute Gasteiger partial charge is 0.264 e. The van der Waals surface area contributed by atoms with Crippen molar-refractivity contribution in [3.05, 3.63) is 52.7 Å². The number of piperidine rings is 1. The Bertz CT molecular complexity index is 785. The molecule has 3 heterocycles. The van der Waals surface area contributed by atoms with E-state index in [2.05, 4.69) is 0 Å². The molecular weight excluding hydrogens is 372 g/mol. The third kappa shape index (κ3) is 4.22. The fourth-order valence-electron chi connectivity index (χ4n) is 4.07. The van der Waals surface area contributed by atoms with Gasteiger partial charge in [-0.3, -0.25) is 9.59 Å². The number of carbonyl (C=O) groups excluding carboxylic acids is 2. The third-order valence-electron chi connectivity index (χ3n) is 5.69. The maximum absolute atomic E-state index is 13.1. The number of likely N-dealkylation sites (tertiary alicyclic amines) is 2. The van der Waals surface area contributed by atoms with Gasteiger partial charge in [-0.1, -0.05) is 24.3 Å². The van der Waals surface area contributed by atoms with Gasteiger partial charge in [-0.2, -0.15) is 0 Å². The van der Waals surface area contributed by atoms with Gasteiger partial charge in [-0.05, 0) is 55.2 Å². The molecular formula is C22H26N2O3S. The molecule has 5 nitrogen and oxygen atoms in total. The second-order valence-corrected chi connectivity index (χ2v) is 8.47. The van der Waals surface area contributed by atoms with E-state index in [1.165, 1.54) is 11.3 Å². The van der Waals surface area contributed by atoms with Gasteiger partial charge in [-0.25, -0.2) is 0 Å². The largest absolute Gasteiger partial charge is 0.493 e. The van der Waals surface area contributed by atoms with E-state index in [4.69, 9.17) is 4.74 Å². The van der Waals surface area contributed by atoms with Crippen molar-refractivity contribution in [2.45, 2.75) is 31.7 Å². The molecule has 28 heavy (non-hydrogen) atoms. The first-order chi connectivity index (χ1) is 13.7. The van der Waals surface area contributed by atoms with Gasteiger partial charge in [0.1, 0.15) is 11.8 Å². The zero-order chi connectivity index (χ0) is 19.3. The quantitative estimate of drug-likeness (QED) is 0.772. The minimum Gasteiger partial charge on any atom is -0.493 e. The number of amides is 2. The molecule has 4 rings (SSSR count). The molecule has 0 N–H and O–H groups in total. The van der Waals surface area contributed by atoms with E-state index in [9.17, 15) is 9.59 Å². The number of nitrogens with zero attached hydrogens (tertiary/aromatic N) is 2. The summed E-state index contributed by atoms with van der Waals surface area (Å²) in [5, 5.41) is 1.91. The van der Waals surface area contributed by atoms with Crippen LogP contribution in [0.3, 0.4) is 0 Å². The molecule has 2 amide bonds. The lowest BCUT2D eigenvalue weighted by Crippen LogP contribution is -2.50. The van der Waals surface area contributed by atoms with Gasteiger partial charge in [0.25, 0.3) is 5.91 Å². The summed E-state index contributed by atoms with van der Waals surface area (Å²) < 4.78 is 5.88. The second-order valence-electron chi connectivity index (χ2n) is 7.53. The summed E-state index contributed by atoms with van der Waals surface area (Å²) in [5.74, 6) is 1.48. The first kappa shape index (κ1) is 19.0. The maximum Gasteiger partial charge on any atom is 0.264 e. The zero-order valence-corrected chi connectivity index (χ0v) is 16.8. The number of thiophene rings is 1. The van der Waals surface area contributed by atoms with Crippen LogP contribution in [0.5, 0.6) is 5.75 Å². The lowest BCUT2D eigenvalue weighted by atomic mass is 9.97. The molecule has 1 atom stereocenters. The van der Waals surface area contributed by atoms with Crippen LogP contribution in [-0.2, 0) is 4.79 Å². The summed E-state index contributed by atoms with van der Waals surface area (Å²) in [6, 6.07) is 13.3. The molecule has 6 heteroatoms. The van der Waals surface area contributed by atoms with Crippen molar-refractivity contribution >= 4 is 23.2 Å². The molecule has 2 aliphatic rings. The van der Waals surface area contributed by atoms with E-state index in [1.807, 2.05) is 52.7 Å². The summed E-state index contributed by atoms with van der Waals surface area (Å²) in [5.41, 5.74) is 0. The summed E-state index contributed by atoms with van der Waals surface area (Å²) in [4.78, 5) is 30.2. The zero-order valence-electron chi connectivity index (χ0n) is 16.0. The number of rotatable bonds is 5. The Labute approximate surface area is 169 Å². The number of ether oxygens (including phenoxy) is 1. The average Bonchev–Trinajstić information content (AvgIpc) is 3.44. The number of para-hydroxylation sites is 1. The van der Waals surface area contributed by atoms with E-state index >= 15 is 0 Å². The summed E-state index contributed by atoms with van der Waals surface area (Å²) in [7, 11) is 0.